The smallest absolute Gasteiger partial charge is 0.219 e. The Kier molecular flexibility index (Phi) is 6.91. The van der Waals surface area contributed by atoms with Crippen molar-refractivity contribution in [3.05, 3.63) is 0 Å². The minimum atomic E-state index is 0.155. The van der Waals surface area contributed by atoms with E-state index in [-0.39, 0.29) is 17.2 Å². The minimum Gasteiger partial charge on any atom is -0.384 e. The number of piperazine rings is 1. The second kappa shape index (κ2) is 9.50. The van der Waals surface area contributed by atoms with E-state index in [4.69, 9.17) is 4.74 Å². The molecular formula is C29H48N2O3. The molecule has 1 heterocycles. The Morgan fingerprint density at radius 2 is 1.71 bits per heavy atom. The van der Waals surface area contributed by atoms with E-state index >= 15 is 0 Å². The van der Waals surface area contributed by atoms with Crippen LogP contribution in [0.4, 0.5) is 0 Å². The van der Waals surface area contributed by atoms with Crippen LogP contribution in [0.25, 0.3) is 0 Å². The molecule has 0 aromatic carbocycles. The van der Waals surface area contributed by atoms with E-state index in [1.165, 1.54) is 51.4 Å². The highest BCUT2D eigenvalue weighted by atomic mass is 16.5. The molecule has 0 aromatic rings. The summed E-state index contributed by atoms with van der Waals surface area (Å²) in [4.78, 5) is 29.5. The van der Waals surface area contributed by atoms with Gasteiger partial charge in [-0.15, -0.1) is 0 Å². The van der Waals surface area contributed by atoms with E-state index in [1.54, 1.807) is 6.92 Å². The van der Waals surface area contributed by atoms with Gasteiger partial charge in [-0.2, -0.15) is 0 Å². The lowest BCUT2D eigenvalue weighted by Crippen LogP contribution is -2.57. The molecule has 0 N–H and O–H groups in total. The number of ether oxygens (including phenoxy) is 1. The molecule has 4 aliphatic carbocycles. The number of carbonyl (C=O) groups is 2. The molecule has 4 saturated carbocycles. The van der Waals surface area contributed by atoms with Crippen molar-refractivity contribution >= 4 is 11.7 Å². The van der Waals surface area contributed by atoms with Crippen LogP contribution in [-0.2, 0) is 14.3 Å². The van der Waals surface area contributed by atoms with Gasteiger partial charge in [-0.25, -0.2) is 0 Å². The molecule has 2 unspecified atom stereocenters. The standard InChI is InChI=1S/C29H48N2O3/c1-20-9-12-29(19-34-4)22(17-20)5-6-23-24-7-8-26(28(24,3)11-10-25(23)29)27(33)18-30-13-15-31(16-14-30)21(2)32/h20,22-26H,5-19H2,1-4H3/t20-,22?,23-,24-,25?,26+,28-,29+/m0/s1. The van der Waals surface area contributed by atoms with Gasteiger partial charge in [-0.05, 0) is 91.8 Å². The van der Waals surface area contributed by atoms with Gasteiger partial charge < -0.3 is 9.64 Å². The summed E-state index contributed by atoms with van der Waals surface area (Å²) in [6.45, 7) is 11.3. The highest BCUT2D eigenvalue weighted by Crippen LogP contribution is 2.68. The first-order valence-electron chi connectivity index (χ1n) is 14.3. The average molecular weight is 473 g/mol. The van der Waals surface area contributed by atoms with E-state index in [0.717, 1.165) is 62.9 Å². The first-order valence-corrected chi connectivity index (χ1v) is 14.3. The molecule has 5 nitrogen and oxygen atoms in total. The normalized spacial score (nSPS) is 44.8. The van der Waals surface area contributed by atoms with Crippen LogP contribution in [0.1, 0.15) is 78.6 Å². The third-order valence-electron chi connectivity index (χ3n) is 11.6. The third kappa shape index (κ3) is 4.07. The van der Waals surface area contributed by atoms with Crippen LogP contribution in [-0.4, -0.2) is 67.9 Å². The highest BCUT2D eigenvalue weighted by Gasteiger charge is 2.62. The molecular weight excluding hydrogens is 424 g/mol. The Bertz CT molecular complexity index is 777. The molecule has 0 aromatic heterocycles. The van der Waals surface area contributed by atoms with Crippen molar-refractivity contribution in [1.82, 2.24) is 9.80 Å². The van der Waals surface area contributed by atoms with Gasteiger partial charge in [0.2, 0.25) is 5.91 Å². The van der Waals surface area contributed by atoms with Gasteiger partial charge in [0.15, 0.2) is 0 Å². The molecule has 5 rings (SSSR count). The van der Waals surface area contributed by atoms with Crippen LogP contribution in [0.3, 0.4) is 0 Å². The number of ketones is 1. The Morgan fingerprint density at radius 1 is 0.941 bits per heavy atom. The summed E-state index contributed by atoms with van der Waals surface area (Å²) in [6, 6.07) is 0. The first kappa shape index (κ1) is 24.7. The van der Waals surface area contributed by atoms with Crippen LogP contribution in [0.5, 0.6) is 0 Å². The SMILES string of the molecule is COC[C@]12CC[C@H](C)CC1CC[C@@H]1C2CC[C@]2(C)[C@@H](C(=O)CN3CCN(C(C)=O)CC3)CC[C@@H]12. The fourth-order valence-corrected chi connectivity index (χ4v) is 9.89. The number of hydrogen-bond acceptors (Lipinski definition) is 4. The van der Waals surface area contributed by atoms with Gasteiger partial charge in [0.05, 0.1) is 13.2 Å². The summed E-state index contributed by atoms with van der Waals surface area (Å²) in [5.74, 6) is 4.87. The van der Waals surface area contributed by atoms with Crippen molar-refractivity contribution in [2.75, 3.05) is 46.4 Å². The molecule has 192 valence electrons. The maximum atomic E-state index is 13.6. The van der Waals surface area contributed by atoms with E-state index in [2.05, 4.69) is 18.7 Å². The molecule has 1 aliphatic heterocycles. The number of rotatable bonds is 5. The van der Waals surface area contributed by atoms with E-state index in [0.29, 0.717) is 23.7 Å². The Labute approximate surface area is 207 Å². The summed E-state index contributed by atoms with van der Waals surface area (Å²) in [7, 11) is 1.92. The van der Waals surface area contributed by atoms with Crippen molar-refractivity contribution in [3.8, 4) is 0 Å². The zero-order chi connectivity index (χ0) is 24.1. The fourth-order valence-electron chi connectivity index (χ4n) is 9.89. The van der Waals surface area contributed by atoms with E-state index in [1.807, 2.05) is 12.0 Å². The molecule has 0 bridgehead atoms. The first-order chi connectivity index (χ1) is 16.3. The number of carbonyl (C=O) groups excluding carboxylic acids is 2. The third-order valence-corrected chi connectivity index (χ3v) is 11.6. The van der Waals surface area contributed by atoms with Gasteiger partial charge >= 0.3 is 0 Å². The van der Waals surface area contributed by atoms with E-state index in [9.17, 15) is 9.59 Å². The van der Waals surface area contributed by atoms with Gasteiger partial charge in [-0.3, -0.25) is 14.5 Å². The number of amides is 1. The Hall–Kier alpha value is -0.940. The lowest BCUT2D eigenvalue weighted by Gasteiger charge is -2.62. The van der Waals surface area contributed by atoms with Crippen molar-refractivity contribution in [2.24, 2.45) is 46.3 Å². The number of fused-ring (bicyclic) bond motifs is 5. The van der Waals surface area contributed by atoms with Crippen molar-refractivity contribution in [2.45, 2.75) is 78.6 Å². The van der Waals surface area contributed by atoms with E-state index < -0.39 is 0 Å². The van der Waals surface area contributed by atoms with Gasteiger partial charge in [0, 0.05) is 46.1 Å². The number of methoxy groups -OCH3 is 1. The quantitative estimate of drug-likeness (QED) is 0.585. The van der Waals surface area contributed by atoms with Gasteiger partial charge in [0.25, 0.3) is 0 Å². The molecule has 5 aliphatic rings. The predicted molar refractivity (Wildman–Crippen MR) is 134 cm³/mol. The van der Waals surface area contributed by atoms with Crippen LogP contribution < -0.4 is 0 Å². The minimum absolute atomic E-state index is 0.155. The summed E-state index contributed by atoms with van der Waals surface area (Å²) >= 11 is 0. The lowest BCUT2D eigenvalue weighted by molar-refractivity contribution is -0.154. The average Bonchev–Trinajstić information content (AvgIpc) is 3.17. The van der Waals surface area contributed by atoms with Gasteiger partial charge in [0.1, 0.15) is 5.78 Å². The number of Topliss-reactive ketones (excluding diaryl/α,β-unsaturated/α-hetero) is 1. The maximum absolute atomic E-state index is 13.6. The van der Waals surface area contributed by atoms with Crippen LogP contribution in [0, 0.1) is 46.3 Å². The van der Waals surface area contributed by atoms with Crippen LogP contribution in [0.15, 0.2) is 0 Å². The largest absolute Gasteiger partial charge is 0.384 e. The summed E-state index contributed by atoms with van der Waals surface area (Å²) in [5.41, 5.74) is 0.576. The zero-order valence-electron chi connectivity index (χ0n) is 22.2. The predicted octanol–water partition coefficient (Wildman–Crippen LogP) is 4.64. The second-order valence-electron chi connectivity index (χ2n) is 13.1. The number of hydrogen-bond donors (Lipinski definition) is 0. The summed E-state index contributed by atoms with van der Waals surface area (Å²) in [5, 5.41) is 0. The van der Waals surface area contributed by atoms with Crippen LogP contribution >= 0.6 is 0 Å². The van der Waals surface area contributed by atoms with Crippen LogP contribution in [0.2, 0.25) is 0 Å². The molecule has 34 heavy (non-hydrogen) atoms. The van der Waals surface area contributed by atoms with Crippen molar-refractivity contribution < 1.29 is 14.3 Å². The Balaban J connectivity index is 1.28. The Morgan fingerprint density at radius 3 is 2.41 bits per heavy atom. The molecule has 5 fully saturated rings. The lowest BCUT2D eigenvalue weighted by atomic mass is 9.44. The molecule has 0 spiro atoms. The molecule has 1 amide bonds. The molecule has 5 heteroatoms. The number of nitrogens with zero attached hydrogens (tertiary/aromatic N) is 2. The maximum Gasteiger partial charge on any atom is 0.219 e. The molecule has 8 atom stereocenters. The fraction of sp³-hybridized carbons (Fsp3) is 0.931. The highest BCUT2D eigenvalue weighted by molar-refractivity contribution is 5.84. The van der Waals surface area contributed by atoms with Crippen molar-refractivity contribution in [3.63, 3.8) is 0 Å². The molecule has 0 radical (unpaired) electrons. The second-order valence-corrected chi connectivity index (χ2v) is 13.1. The summed E-state index contributed by atoms with van der Waals surface area (Å²) in [6.07, 6.45) is 11.7. The monoisotopic (exact) mass is 472 g/mol. The zero-order valence-corrected chi connectivity index (χ0v) is 22.2. The summed E-state index contributed by atoms with van der Waals surface area (Å²) < 4.78 is 5.94. The van der Waals surface area contributed by atoms with Crippen molar-refractivity contribution in [1.29, 1.82) is 0 Å². The molecule has 1 saturated heterocycles. The van der Waals surface area contributed by atoms with Gasteiger partial charge in [-0.1, -0.05) is 20.3 Å². The topological polar surface area (TPSA) is 49.9 Å².